The lowest BCUT2D eigenvalue weighted by Crippen LogP contribution is -2.40. The first-order valence-corrected chi connectivity index (χ1v) is 11.7. The van der Waals surface area contributed by atoms with Crippen molar-refractivity contribution in [2.75, 3.05) is 38.2 Å². The quantitative estimate of drug-likeness (QED) is 0.345. The van der Waals surface area contributed by atoms with Crippen LogP contribution in [0, 0.1) is 10.1 Å². The van der Waals surface area contributed by atoms with Crippen LogP contribution in [0.3, 0.4) is 0 Å². The first kappa shape index (κ1) is 23.6. The molecule has 180 valence electrons. The highest BCUT2D eigenvalue weighted by Gasteiger charge is 2.30. The van der Waals surface area contributed by atoms with Gasteiger partial charge in [-0.05, 0) is 37.3 Å². The molecule has 0 radical (unpaired) electrons. The number of hydrogen-bond donors (Lipinski definition) is 1. The van der Waals surface area contributed by atoms with Crippen molar-refractivity contribution in [3.05, 3.63) is 52.1 Å². The number of morpholine rings is 1. The molecule has 1 atom stereocenters. The normalized spacial score (nSPS) is 17.1. The number of nitrogens with one attached hydrogen (secondary N) is 1. The van der Waals surface area contributed by atoms with Crippen molar-refractivity contribution in [3.63, 3.8) is 0 Å². The van der Waals surface area contributed by atoms with E-state index in [9.17, 15) is 28.1 Å². The van der Waals surface area contributed by atoms with Crippen molar-refractivity contribution < 1.29 is 37.1 Å². The Labute approximate surface area is 194 Å². The summed E-state index contributed by atoms with van der Waals surface area (Å²) >= 11 is 0. The molecule has 0 aromatic heterocycles. The zero-order valence-corrected chi connectivity index (χ0v) is 18.9. The van der Waals surface area contributed by atoms with Crippen LogP contribution in [0.25, 0.3) is 0 Å². The Hall–Kier alpha value is -3.55. The lowest BCUT2D eigenvalue weighted by molar-refractivity contribution is -0.386. The summed E-state index contributed by atoms with van der Waals surface area (Å²) in [4.78, 5) is 35.0. The van der Waals surface area contributed by atoms with E-state index in [1.165, 1.54) is 35.5 Å². The molecule has 0 aliphatic carbocycles. The molecule has 1 unspecified atom stereocenters. The van der Waals surface area contributed by atoms with E-state index < -0.39 is 32.5 Å². The van der Waals surface area contributed by atoms with Gasteiger partial charge in [-0.2, -0.15) is 4.31 Å². The molecule has 1 fully saturated rings. The molecule has 1 amide bonds. The van der Waals surface area contributed by atoms with E-state index in [4.69, 9.17) is 14.2 Å². The van der Waals surface area contributed by atoms with Crippen molar-refractivity contribution in [1.82, 2.24) is 4.31 Å². The van der Waals surface area contributed by atoms with Gasteiger partial charge in [0.15, 0.2) is 18.5 Å². The van der Waals surface area contributed by atoms with Crippen LogP contribution in [0.15, 0.2) is 41.3 Å². The summed E-state index contributed by atoms with van der Waals surface area (Å²) in [7, 11) is -3.96. The van der Waals surface area contributed by atoms with Crippen molar-refractivity contribution in [1.29, 1.82) is 0 Å². The molecule has 1 saturated heterocycles. The Morgan fingerprint density at radius 3 is 2.65 bits per heavy atom. The third-order valence-electron chi connectivity index (χ3n) is 5.30. The van der Waals surface area contributed by atoms with Crippen molar-refractivity contribution >= 4 is 33.1 Å². The van der Waals surface area contributed by atoms with Crippen molar-refractivity contribution in [3.8, 4) is 11.5 Å². The van der Waals surface area contributed by atoms with E-state index in [1.807, 2.05) is 0 Å². The molecule has 0 bridgehead atoms. The second kappa shape index (κ2) is 9.37. The molecule has 4 rings (SSSR count). The number of ether oxygens (including phenoxy) is 3. The first-order valence-electron chi connectivity index (χ1n) is 10.3. The van der Waals surface area contributed by atoms with Crippen LogP contribution in [0.4, 0.5) is 11.4 Å². The van der Waals surface area contributed by atoms with Gasteiger partial charge < -0.3 is 19.5 Å². The zero-order chi connectivity index (χ0) is 24.5. The van der Waals surface area contributed by atoms with Gasteiger partial charge in [-0.15, -0.1) is 0 Å². The van der Waals surface area contributed by atoms with Gasteiger partial charge in [0, 0.05) is 24.7 Å². The van der Waals surface area contributed by atoms with Gasteiger partial charge >= 0.3 is 5.69 Å². The van der Waals surface area contributed by atoms with Crippen LogP contribution in [0.5, 0.6) is 11.5 Å². The number of benzene rings is 2. The Balaban J connectivity index is 1.56. The van der Waals surface area contributed by atoms with Gasteiger partial charge in [-0.3, -0.25) is 19.7 Å². The number of rotatable bonds is 7. The average Bonchev–Trinajstić information content (AvgIpc) is 2.83. The van der Waals surface area contributed by atoms with Crippen LogP contribution >= 0.6 is 0 Å². The lowest BCUT2D eigenvalue weighted by atomic mass is 10.1. The second-order valence-corrected chi connectivity index (χ2v) is 9.51. The molecule has 2 aliphatic heterocycles. The Morgan fingerprint density at radius 1 is 1.21 bits per heavy atom. The highest BCUT2D eigenvalue weighted by Crippen LogP contribution is 2.33. The molecule has 2 aromatic rings. The van der Waals surface area contributed by atoms with E-state index in [2.05, 4.69) is 5.32 Å². The Kier molecular flexibility index (Phi) is 6.50. The molecule has 34 heavy (non-hydrogen) atoms. The number of amides is 1. The Bertz CT molecular complexity index is 1260. The summed E-state index contributed by atoms with van der Waals surface area (Å²) in [6.45, 7) is 2.05. The summed E-state index contributed by atoms with van der Waals surface area (Å²) in [6, 6.07) is 7.74. The lowest BCUT2D eigenvalue weighted by Gasteiger charge is -2.26. The van der Waals surface area contributed by atoms with Gasteiger partial charge in [-0.25, -0.2) is 8.42 Å². The van der Waals surface area contributed by atoms with E-state index in [1.54, 1.807) is 0 Å². The number of nitrogens with zero attached hydrogens (tertiary/aromatic N) is 2. The number of nitro benzene ring substituents is 1. The second-order valence-electron chi connectivity index (χ2n) is 7.58. The minimum atomic E-state index is -3.96. The van der Waals surface area contributed by atoms with Gasteiger partial charge in [0.2, 0.25) is 15.8 Å². The van der Waals surface area contributed by atoms with Gasteiger partial charge in [0.1, 0.15) is 5.75 Å². The molecule has 13 heteroatoms. The van der Waals surface area contributed by atoms with Crippen molar-refractivity contribution in [2.24, 2.45) is 0 Å². The average molecular weight is 491 g/mol. The third-order valence-corrected chi connectivity index (χ3v) is 7.20. The number of carbonyl (C=O) groups is 2. The predicted molar refractivity (Wildman–Crippen MR) is 118 cm³/mol. The minimum Gasteiger partial charge on any atom is -0.482 e. The Morgan fingerprint density at radius 2 is 1.94 bits per heavy atom. The van der Waals surface area contributed by atoms with Gasteiger partial charge in [0.05, 0.1) is 28.7 Å². The number of Topliss-reactive ketones (excluding diaryl/α,β-unsaturated/α-hetero) is 1. The maximum Gasteiger partial charge on any atom is 0.312 e. The third kappa shape index (κ3) is 4.71. The molecule has 2 heterocycles. The fraction of sp³-hybridized carbons (Fsp3) is 0.333. The van der Waals surface area contributed by atoms with Crippen LogP contribution in [-0.2, 0) is 19.6 Å². The maximum atomic E-state index is 12.9. The van der Waals surface area contributed by atoms with E-state index in [-0.39, 0.29) is 55.0 Å². The number of carbonyl (C=O) groups excluding carboxylic acids is 2. The fourth-order valence-electron chi connectivity index (χ4n) is 3.55. The number of hydrogen-bond acceptors (Lipinski definition) is 9. The van der Waals surface area contributed by atoms with E-state index in [0.717, 1.165) is 12.1 Å². The van der Waals surface area contributed by atoms with E-state index in [0.29, 0.717) is 11.4 Å². The van der Waals surface area contributed by atoms with Gasteiger partial charge in [0.25, 0.3) is 5.91 Å². The summed E-state index contributed by atoms with van der Waals surface area (Å²) in [5, 5.41) is 14.2. The predicted octanol–water partition coefficient (Wildman–Crippen LogP) is 1.60. The SMILES string of the molecule is CC(Oc1ccc(S(=O)(=O)N2CCOCC2)cc1[N+](=O)[O-])C(=O)c1ccc2c(c1)NC(=O)CO2. The van der Waals surface area contributed by atoms with Crippen LogP contribution < -0.4 is 14.8 Å². The number of fused-ring (bicyclic) bond motifs is 1. The standard InChI is InChI=1S/C21H21N3O9S/c1-13(21(26)14-2-4-18-16(10-14)22-20(25)12-32-18)33-19-5-3-15(11-17(19)24(27)28)34(29,30)23-6-8-31-9-7-23/h2-5,10-11,13H,6-9,12H2,1H3,(H,22,25). The topological polar surface area (TPSA) is 154 Å². The molecule has 0 saturated carbocycles. The number of nitro groups is 1. The summed E-state index contributed by atoms with van der Waals surface area (Å²) < 4.78 is 42.9. The molecule has 1 N–H and O–H groups in total. The fourth-order valence-corrected chi connectivity index (χ4v) is 4.98. The van der Waals surface area contributed by atoms with Crippen LogP contribution in [0.2, 0.25) is 0 Å². The largest absolute Gasteiger partial charge is 0.482 e. The minimum absolute atomic E-state index is 0.124. The van der Waals surface area contributed by atoms with Crippen LogP contribution in [-0.4, -0.2) is 68.4 Å². The summed E-state index contributed by atoms with van der Waals surface area (Å²) in [5.41, 5.74) is -0.0516. The van der Waals surface area contributed by atoms with Gasteiger partial charge in [-0.1, -0.05) is 0 Å². The molecule has 2 aliphatic rings. The number of sulfonamides is 1. The first-order chi connectivity index (χ1) is 16.2. The molecule has 12 nitrogen and oxygen atoms in total. The van der Waals surface area contributed by atoms with E-state index >= 15 is 0 Å². The smallest absolute Gasteiger partial charge is 0.312 e. The molecule has 0 spiro atoms. The highest BCUT2D eigenvalue weighted by molar-refractivity contribution is 7.89. The zero-order valence-electron chi connectivity index (χ0n) is 18.1. The summed E-state index contributed by atoms with van der Waals surface area (Å²) in [6.07, 6.45) is -1.14. The highest BCUT2D eigenvalue weighted by atomic mass is 32.2. The number of anilines is 1. The van der Waals surface area contributed by atoms with Crippen LogP contribution in [0.1, 0.15) is 17.3 Å². The monoisotopic (exact) mass is 491 g/mol. The summed E-state index contributed by atoms with van der Waals surface area (Å²) in [5.74, 6) is -0.690. The molecule has 2 aromatic carbocycles. The number of ketones is 1. The maximum absolute atomic E-state index is 12.9. The van der Waals surface area contributed by atoms with Crippen molar-refractivity contribution in [2.45, 2.75) is 17.9 Å². The molecular weight excluding hydrogens is 470 g/mol. The molecular formula is C21H21N3O9S.